The Morgan fingerprint density at radius 1 is 1.33 bits per heavy atom. The van der Waals surface area contributed by atoms with Gasteiger partial charge in [0.1, 0.15) is 0 Å². The van der Waals surface area contributed by atoms with Crippen LogP contribution in [-0.2, 0) is 13.6 Å². The van der Waals surface area contributed by atoms with E-state index in [1.54, 1.807) is 0 Å². The van der Waals surface area contributed by atoms with E-state index >= 15 is 0 Å². The van der Waals surface area contributed by atoms with Crippen LogP contribution in [-0.4, -0.2) is 53.9 Å². The molecule has 0 spiro atoms. The third kappa shape index (κ3) is 3.75. The molecular formula is C15H28N6. The molecule has 1 atom stereocenters. The van der Waals surface area contributed by atoms with E-state index in [-0.39, 0.29) is 0 Å². The topological polar surface area (TPSA) is 57.5 Å². The summed E-state index contributed by atoms with van der Waals surface area (Å²) in [6, 6.07) is 0.616. The van der Waals surface area contributed by atoms with Crippen LogP contribution in [0.25, 0.3) is 0 Å². The summed E-state index contributed by atoms with van der Waals surface area (Å²) in [5.74, 6) is 0.859. The van der Waals surface area contributed by atoms with E-state index in [9.17, 15) is 0 Å². The molecule has 1 aromatic heterocycles. The minimum absolute atomic E-state index is 0.616. The van der Waals surface area contributed by atoms with E-state index in [1.807, 2.05) is 25.7 Å². The number of rotatable bonds is 4. The molecular weight excluding hydrogens is 264 g/mol. The normalized spacial score (nSPS) is 20.0. The van der Waals surface area contributed by atoms with E-state index in [0.717, 1.165) is 24.7 Å². The molecule has 0 aromatic carbocycles. The summed E-state index contributed by atoms with van der Waals surface area (Å²) in [5, 5.41) is 11.3. The highest BCUT2D eigenvalue weighted by atomic mass is 15.3. The van der Waals surface area contributed by atoms with E-state index in [0.29, 0.717) is 6.04 Å². The number of guanidine groups is 1. The molecule has 6 nitrogen and oxygen atoms in total. The number of hydrogen-bond acceptors (Lipinski definition) is 3. The fourth-order valence-corrected chi connectivity index (χ4v) is 2.92. The van der Waals surface area contributed by atoms with Crippen molar-refractivity contribution in [2.24, 2.45) is 12.0 Å². The molecule has 1 aromatic rings. The summed E-state index contributed by atoms with van der Waals surface area (Å²) in [6.45, 7) is 7.05. The van der Waals surface area contributed by atoms with Crippen LogP contribution >= 0.6 is 0 Å². The SMILES string of the molecule is CN=C(NCc1c(C)nn(C)c1C)NCC1CCCN1C. The van der Waals surface area contributed by atoms with Gasteiger partial charge < -0.3 is 15.5 Å². The van der Waals surface area contributed by atoms with E-state index in [1.165, 1.54) is 30.6 Å². The van der Waals surface area contributed by atoms with Gasteiger partial charge in [0, 0.05) is 44.5 Å². The zero-order valence-corrected chi connectivity index (χ0v) is 13.9. The number of hydrogen-bond donors (Lipinski definition) is 2. The lowest BCUT2D eigenvalue weighted by Gasteiger charge is -2.21. The maximum atomic E-state index is 4.44. The van der Waals surface area contributed by atoms with Crippen molar-refractivity contribution in [1.82, 2.24) is 25.3 Å². The first-order valence-corrected chi connectivity index (χ1v) is 7.66. The largest absolute Gasteiger partial charge is 0.355 e. The maximum Gasteiger partial charge on any atom is 0.191 e. The number of aromatic nitrogens is 2. The zero-order chi connectivity index (χ0) is 15.4. The van der Waals surface area contributed by atoms with Crippen LogP contribution in [0, 0.1) is 13.8 Å². The van der Waals surface area contributed by atoms with Crippen LogP contribution in [0.3, 0.4) is 0 Å². The second kappa shape index (κ2) is 6.93. The van der Waals surface area contributed by atoms with Gasteiger partial charge in [-0.05, 0) is 40.3 Å². The molecule has 1 fully saturated rings. The summed E-state index contributed by atoms with van der Waals surface area (Å²) in [6.07, 6.45) is 2.56. The minimum atomic E-state index is 0.616. The first-order valence-electron chi connectivity index (χ1n) is 7.66. The fraction of sp³-hybridized carbons (Fsp3) is 0.733. The van der Waals surface area contributed by atoms with Gasteiger partial charge in [-0.2, -0.15) is 5.10 Å². The summed E-state index contributed by atoms with van der Waals surface area (Å²) in [4.78, 5) is 6.72. The van der Waals surface area contributed by atoms with Gasteiger partial charge in [0.25, 0.3) is 0 Å². The predicted molar refractivity (Wildman–Crippen MR) is 86.5 cm³/mol. The highest BCUT2D eigenvalue weighted by Crippen LogP contribution is 2.13. The molecule has 1 aliphatic rings. The first-order chi connectivity index (χ1) is 10.0. The molecule has 0 amide bonds. The van der Waals surface area contributed by atoms with Crippen molar-refractivity contribution in [2.75, 3.05) is 27.2 Å². The molecule has 0 radical (unpaired) electrons. The van der Waals surface area contributed by atoms with Crippen LogP contribution in [0.4, 0.5) is 0 Å². The van der Waals surface area contributed by atoms with Gasteiger partial charge in [-0.1, -0.05) is 0 Å². The summed E-state index contributed by atoms with van der Waals surface area (Å²) < 4.78 is 1.93. The summed E-state index contributed by atoms with van der Waals surface area (Å²) in [5.41, 5.74) is 3.53. The maximum absolute atomic E-state index is 4.44. The molecule has 0 bridgehead atoms. The van der Waals surface area contributed by atoms with Gasteiger partial charge in [-0.25, -0.2) is 0 Å². The Morgan fingerprint density at radius 2 is 2.10 bits per heavy atom. The van der Waals surface area contributed by atoms with Gasteiger partial charge in [0.15, 0.2) is 5.96 Å². The average molecular weight is 292 g/mol. The molecule has 1 unspecified atom stereocenters. The van der Waals surface area contributed by atoms with Gasteiger partial charge in [0.2, 0.25) is 0 Å². The average Bonchev–Trinajstić information content (AvgIpc) is 2.96. The van der Waals surface area contributed by atoms with Crippen molar-refractivity contribution in [3.63, 3.8) is 0 Å². The number of nitrogens with zero attached hydrogens (tertiary/aromatic N) is 4. The van der Waals surface area contributed by atoms with Crippen molar-refractivity contribution in [2.45, 2.75) is 39.3 Å². The zero-order valence-electron chi connectivity index (χ0n) is 13.9. The highest BCUT2D eigenvalue weighted by Gasteiger charge is 2.20. The molecule has 6 heteroatoms. The predicted octanol–water partition coefficient (Wildman–Crippen LogP) is 0.796. The van der Waals surface area contributed by atoms with Gasteiger partial charge >= 0.3 is 0 Å². The number of likely N-dealkylation sites (tertiary alicyclic amines) is 1. The third-order valence-electron chi connectivity index (χ3n) is 4.49. The fourth-order valence-electron chi connectivity index (χ4n) is 2.92. The van der Waals surface area contributed by atoms with Crippen LogP contribution in [0.1, 0.15) is 29.8 Å². The Hall–Kier alpha value is -1.56. The first kappa shape index (κ1) is 15.8. The molecule has 1 aliphatic heterocycles. The van der Waals surface area contributed by atoms with Crippen molar-refractivity contribution in [1.29, 1.82) is 0 Å². The lowest BCUT2D eigenvalue weighted by Crippen LogP contribution is -2.43. The number of aliphatic imine (C=N–C) groups is 1. The molecule has 21 heavy (non-hydrogen) atoms. The molecule has 1 saturated heterocycles. The van der Waals surface area contributed by atoms with Crippen molar-refractivity contribution in [3.8, 4) is 0 Å². The number of likely N-dealkylation sites (N-methyl/N-ethyl adjacent to an activating group) is 1. The van der Waals surface area contributed by atoms with E-state index < -0.39 is 0 Å². The van der Waals surface area contributed by atoms with Crippen LogP contribution in [0.2, 0.25) is 0 Å². The highest BCUT2D eigenvalue weighted by molar-refractivity contribution is 5.79. The summed E-state index contributed by atoms with van der Waals surface area (Å²) in [7, 11) is 5.99. The molecule has 0 saturated carbocycles. The van der Waals surface area contributed by atoms with Crippen LogP contribution in [0.5, 0.6) is 0 Å². The smallest absolute Gasteiger partial charge is 0.191 e. The van der Waals surface area contributed by atoms with Crippen molar-refractivity contribution >= 4 is 5.96 Å². The molecule has 0 aliphatic carbocycles. The Kier molecular flexibility index (Phi) is 5.22. The van der Waals surface area contributed by atoms with Crippen molar-refractivity contribution in [3.05, 3.63) is 17.0 Å². The van der Waals surface area contributed by atoms with Gasteiger partial charge in [0.05, 0.1) is 5.69 Å². The second-order valence-electron chi connectivity index (χ2n) is 5.86. The Morgan fingerprint density at radius 3 is 2.62 bits per heavy atom. The van der Waals surface area contributed by atoms with E-state index in [4.69, 9.17) is 0 Å². The quantitative estimate of drug-likeness (QED) is 0.636. The monoisotopic (exact) mass is 292 g/mol. The summed E-state index contributed by atoms with van der Waals surface area (Å²) >= 11 is 0. The minimum Gasteiger partial charge on any atom is -0.355 e. The molecule has 2 rings (SSSR count). The molecule has 2 N–H and O–H groups in total. The van der Waals surface area contributed by atoms with Crippen LogP contribution < -0.4 is 10.6 Å². The lowest BCUT2D eigenvalue weighted by molar-refractivity contribution is 0.309. The van der Waals surface area contributed by atoms with Crippen molar-refractivity contribution < 1.29 is 0 Å². The third-order valence-corrected chi connectivity index (χ3v) is 4.49. The van der Waals surface area contributed by atoms with Gasteiger partial charge in [-0.15, -0.1) is 0 Å². The molecule has 2 heterocycles. The Bertz CT molecular complexity index is 505. The van der Waals surface area contributed by atoms with Gasteiger partial charge in [-0.3, -0.25) is 9.67 Å². The second-order valence-corrected chi connectivity index (χ2v) is 5.86. The Labute approximate surface area is 127 Å². The Balaban J connectivity index is 1.85. The number of nitrogens with one attached hydrogen (secondary N) is 2. The number of aryl methyl sites for hydroxylation is 2. The van der Waals surface area contributed by atoms with Crippen LogP contribution in [0.15, 0.2) is 4.99 Å². The van der Waals surface area contributed by atoms with E-state index in [2.05, 4.69) is 39.6 Å². The standard InChI is InChI=1S/C15H28N6/c1-11-14(12(2)21(5)19-11)10-18-15(16-3)17-9-13-7-6-8-20(13)4/h13H,6-10H2,1-5H3,(H2,16,17,18). The molecule has 118 valence electrons. The lowest BCUT2D eigenvalue weighted by atomic mass is 10.2.